The molecule has 3 rings (SSSR count). The van der Waals surface area contributed by atoms with Crippen LogP contribution in [-0.4, -0.2) is 50.2 Å². The van der Waals surface area contributed by atoms with Gasteiger partial charge in [-0.15, -0.1) is 0 Å². The minimum Gasteiger partial charge on any atom is -0.378 e. The monoisotopic (exact) mass is 378 g/mol. The molecule has 0 bridgehead atoms. The third-order valence-corrected chi connectivity index (χ3v) is 4.97. The molecule has 2 aliphatic heterocycles. The summed E-state index contributed by atoms with van der Waals surface area (Å²) < 4.78 is 43.4. The summed E-state index contributed by atoms with van der Waals surface area (Å²) in [5, 5.41) is 0.0350. The number of nitrogens with one attached hydrogen (secondary N) is 1. The number of anilines is 1. The quantitative estimate of drug-likeness (QED) is 0.793. The Hall–Kier alpha value is -1.54. The topological polar surface area (TPSA) is 46.9 Å². The maximum Gasteiger partial charge on any atom is 0.419 e. The molecule has 0 atom stereocenters. The van der Waals surface area contributed by atoms with Crippen molar-refractivity contribution in [2.45, 2.75) is 19.0 Å². The number of carbonyl (C=O) groups is 1. The van der Waals surface area contributed by atoms with Crippen LogP contribution in [0, 0.1) is 5.92 Å². The zero-order valence-electron chi connectivity index (χ0n) is 13.6. The summed E-state index contributed by atoms with van der Waals surface area (Å²) in [5.74, 6) is 0.556. The van der Waals surface area contributed by atoms with Gasteiger partial charge in [0.05, 0.1) is 31.9 Å². The first-order valence-electron chi connectivity index (χ1n) is 8.26. The van der Waals surface area contributed by atoms with E-state index in [0.29, 0.717) is 58.1 Å². The van der Waals surface area contributed by atoms with E-state index in [1.54, 1.807) is 0 Å². The fraction of sp³-hybridized carbons (Fsp3) is 0.625. The van der Waals surface area contributed by atoms with Crippen molar-refractivity contribution in [1.82, 2.24) is 4.90 Å². The molecule has 1 aromatic heterocycles. The second-order valence-electron chi connectivity index (χ2n) is 6.28. The number of ether oxygens (including phenoxy) is 1. The number of pyridine rings is 1. The van der Waals surface area contributed by atoms with Gasteiger partial charge in [0.25, 0.3) is 5.82 Å². The van der Waals surface area contributed by atoms with Gasteiger partial charge in [0.1, 0.15) is 11.2 Å². The molecule has 0 unspecified atom stereocenters. The third kappa shape index (κ3) is 4.17. The number of nitrogens with zero attached hydrogens (tertiary/aromatic N) is 2. The van der Waals surface area contributed by atoms with E-state index in [1.807, 2.05) is 9.80 Å². The van der Waals surface area contributed by atoms with Crippen molar-refractivity contribution in [3.05, 3.63) is 22.8 Å². The molecule has 2 saturated heterocycles. The normalized spacial score (nSPS) is 20.0. The molecule has 1 amide bonds. The first-order chi connectivity index (χ1) is 11.9. The van der Waals surface area contributed by atoms with Crippen molar-refractivity contribution < 1.29 is 27.7 Å². The lowest BCUT2D eigenvalue weighted by Gasteiger charge is -2.33. The minimum atomic E-state index is -4.43. The van der Waals surface area contributed by atoms with Gasteiger partial charge in [-0.25, -0.2) is 4.98 Å². The van der Waals surface area contributed by atoms with Crippen LogP contribution in [0.5, 0.6) is 0 Å². The molecule has 25 heavy (non-hydrogen) atoms. The van der Waals surface area contributed by atoms with Crippen LogP contribution in [0.15, 0.2) is 12.3 Å². The molecule has 0 saturated carbocycles. The molecule has 9 heteroatoms. The van der Waals surface area contributed by atoms with E-state index in [0.717, 1.165) is 12.3 Å². The fourth-order valence-corrected chi connectivity index (χ4v) is 3.55. The molecule has 2 aliphatic rings. The van der Waals surface area contributed by atoms with Crippen LogP contribution in [0.1, 0.15) is 18.4 Å². The maximum atomic E-state index is 12.7. The number of amides is 1. The average molecular weight is 379 g/mol. The number of alkyl halides is 3. The van der Waals surface area contributed by atoms with Gasteiger partial charge in [0, 0.05) is 19.0 Å². The van der Waals surface area contributed by atoms with Gasteiger partial charge in [-0.3, -0.25) is 9.69 Å². The Morgan fingerprint density at radius 2 is 1.84 bits per heavy atom. The van der Waals surface area contributed by atoms with Gasteiger partial charge >= 0.3 is 6.18 Å². The molecule has 3 heterocycles. The fourth-order valence-electron chi connectivity index (χ4n) is 3.26. The number of H-pyrrole nitrogens is 1. The summed E-state index contributed by atoms with van der Waals surface area (Å²) in [5.41, 5.74) is -0.807. The zero-order chi connectivity index (χ0) is 18.0. The van der Waals surface area contributed by atoms with E-state index >= 15 is 0 Å². The molecular weight excluding hydrogens is 359 g/mol. The molecule has 1 aromatic rings. The van der Waals surface area contributed by atoms with Gasteiger partial charge in [-0.05, 0) is 18.9 Å². The van der Waals surface area contributed by atoms with Crippen LogP contribution in [-0.2, 0) is 15.7 Å². The highest BCUT2D eigenvalue weighted by Gasteiger charge is 2.36. The molecule has 138 valence electrons. The van der Waals surface area contributed by atoms with Crippen LogP contribution < -0.4 is 9.88 Å². The van der Waals surface area contributed by atoms with E-state index < -0.39 is 11.7 Å². The number of hydrogen-bond acceptors (Lipinski definition) is 3. The third-order valence-electron chi connectivity index (χ3n) is 4.68. The highest BCUT2D eigenvalue weighted by Crippen LogP contribution is 2.33. The SMILES string of the molecule is O=C(C1CCN(c2[nH+]cc(C(F)(F)F)cc2Cl)CC1)N1CCOCC1. The van der Waals surface area contributed by atoms with Crippen LogP contribution >= 0.6 is 11.6 Å². The number of rotatable bonds is 2. The van der Waals surface area contributed by atoms with Crippen molar-refractivity contribution in [2.75, 3.05) is 44.3 Å². The first kappa shape index (κ1) is 18.3. The molecule has 0 radical (unpaired) electrons. The van der Waals surface area contributed by atoms with Gasteiger partial charge in [0.15, 0.2) is 0 Å². The number of carbonyl (C=O) groups excluding carboxylic acids is 1. The van der Waals surface area contributed by atoms with Gasteiger partial charge in [-0.2, -0.15) is 13.2 Å². The zero-order valence-corrected chi connectivity index (χ0v) is 14.4. The Morgan fingerprint density at radius 3 is 2.40 bits per heavy atom. The Kier molecular flexibility index (Phi) is 5.38. The van der Waals surface area contributed by atoms with E-state index in [1.165, 1.54) is 0 Å². The number of morpholine rings is 1. The van der Waals surface area contributed by atoms with E-state index in [2.05, 4.69) is 4.98 Å². The number of hydrogen-bond donors (Lipinski definition) is 0. The Balaban J connectivity index is 1.61. The predicted octanol–water partition coefficient (Wildman–Crippen LogP) is 2.25. The summed E-state index contributed by atoms with van der Waals surface area (Å²) in [6.45, 7) is 3.53. The van der Waals surface area contributed by atoms with E-state index in [4.69, 9.17) is 16.3 Å². The van der Waals surface area contributed by atoms with E-state index in [-0.39, 0.29) is 16.8 Å². The summed E-state index contributed by atoms with van der Waals surface area (Å²) in [6.07, 6.45) is -2.20. The summed E-state index contributed by atoms with van der Waals surface area (Å²) in [7, 11) is 0. The molecule has 0 spiro atoms. The Bertz CT molecular complexity index is 628. The second kappa shape index (κ2) is 7.37. The summed E-state index contributed by atoms with van der Waals surface area (Å²) in [6, 6.07) is 0.929. The van der Waals surface area contributed by atoms with Gasteiger partial charge in [0.2, 0.25) is 5.91 Å². The number of aromatic nitrogens is 1. The lowest BCUT2D eigenvalue weighted by Crippen LogP contribution is -2.47. The molecular formula is C16H20ClF3N3O2+. The Morgan fingerprint density at radius 1 is 1.20 bits per heavy atom. The highest BCUT2D eigenvalue weighted by molar-refractivity contribution is 6.32. The van der Waals surface area contributed by atoms with Crippen molar-refractivity contribution in [1.29, 1.82) is 0 Å². The molecule has 0 aliphatic carbocycles. The van der Waals surface area contributed by atoms with Gasteiger partial charge < -0.3 is 9.64 Å². The standard InChI is InChI=1S/C16H19ClF3N3O2/c17-13-9-12(16(18,19)20)10-21-14(13)22-3-1-11(2-4-22)15(24)23-5-7-25-8-6-23/h9-11H,1-8H2/p+1. The lowest BCUT2D eigenvalue weighted by molar-refractivity contribution is -0.367. The largest absolute Gasteiger partial charge is 0.419 e. The Labute approximate surface area is 148 Å². The van der Waals surface area contributed by atoms with Crippen LogP contribution in [0.2, 0.25) is 5.02 Å². The summed E-state index contributed by atoms with van der Waals surface area (Å²) >= 11 is 6.03. The smallest absolute Gasteiger partial charge is 0.378 e. The molecule has 5 nitrogen and oxygen atoms in total. The molecule has 0 aromatic carbocycles. The highest BCUT2D eigenvalue weighted by atomic mass is 35.5. The van der Waals surface area contributed by atoms with Gasteiger partial charge in [-0.1, -0.05) is 11.6 Å². The van der Waals surface area contributed by atoms with Crippen LogP contribution in [0.25, 0.3) is 0 Å². The number of aromatic amines is 1. The van der Waals surface area contributed by atoms with Crippen molar-refractivity contribution >= 4 is 23.3 Å². The van der Waals surface area contributed by atoms with Crippen LogP contribution in [0.4, 0.5) is 19.0 Å². The van der Waals surface area contributed by atoms with E-state index in [9.17, 15) is 18.0 Å². The predicted molar refractivity (Wildman–Crippen MR) is 85.3 cm³/mol. The lowest BCUT2D eigenvalue weighted by atomic mass is 9.95. The summed E-state index contributed by atoms with van der Waals surface area (Å²) in [4.78, 5) is 18.9. The van der Waals surface area contributed by atoms with Crippen molar-refractivity contribution in [3.63, 3.8) is 0 Å². The maximum absolute atomic E-state index is 12.7. The number of piperidine rings is 1. The number of halogens is 4. The second-order valence-corrected chi connectivity index (χ2v) is 6.69. The average Bonchev–Trinajstić information content (AvgIpc) is 2.61. The van der Waals surface area contributed by atoms with Crippen molar-refractivity contribution in [2.24, 2.45) is 5.92 Å². The van der Waals surface area contributed by atoms with Crippen LogP contribution in [0.3, 0.4) is 0 Å². The molecule has 1 N–H and O–H groups in total. The first-order valence-corrected chi connectivity index (χ1v) is 8.64. The minimum absolute atomic E-state index is 0.0350. The molecule has 2 fully saturated rings. The van der Waals surface area contributed by atoms with Crippen molar-refractivity contribution in [3.8, 4) is 0 Å².